The average Bonchev–Trinajstić information content (AvgIpc) is 2.85. The molecule has 0 aromatic rings. The van der Waals surface area contributed by atoms with E-state index in [1.54, 1.807) is 0 Å². The topological polar surface area (TPSA) is 49.9 Å². The van der Waals surface area contributed by atoms with Crippen LogP contribution in [0.4, 0.5) is 0 Å². The largest absolute Gasteiger partial charge is 0.324 e. The molecule has 0 aromatic heterocycles. The first kappa shape index (κ1) is 7.98. The lowest BCUT2D eigenvalue weighted by Crippen LogP contribution is -2.54. The summed E-state index contributed by atoms with van der Waals surface area (Å²) in [6, 6.07) is 0. The molecule has 0 heterocycles. The lowest BCUT2D eigenvalue weighted by Gasteiger charge is -2.44. The Labute approximate surface area is 79.4 Å². The van der Waals surface area contributed by atoms with E-state index in [2.05, 4.69) is 6.92 Å². The summed E-state index contributed by atoms with van der Waals surface area (Å²) in [6.07, 6.45) is 7.41. The number of fused-ring (bicyclic) bond motifs is 1. The molecule has 0 amide bonds. The van der Waals surface area contributed by atoms with Crippen molar-refractivity contribution in [3.63, 3.8) is 0 Å². The van der Waals surface area contributed by atoms with Crippen molar-refractivity contribution in [2.75, 3.05) is 0 Å². The van der Waals surface area contributed by atoms with Gasteiger partial charge in [-0.05, 0) is 44.4 Å². The normalized spacial score (nSPS) is 51.4. The molecule has 3 aliphatic rings. The van der Waals surface area contributed by atoms with E-state index in [4.69, 9.17) is 11.1 Å². The van der Waals surface area contributed by atoms with Gasteiger partial charge < -0.3 is 11.1 Å². The minimum atomic E-state index is -0.0706. The summed E-state index contributed by atoms with van der Waals surface area (Å²) in [5.41, 5.74) is 7.91. The highest BCUT2D eigenvalue weighted by molar-refractivity contribution is 6.06. The molecule has 0 aromatic carbocycles. The van der Waals surface area contributed by atoms with Crippen LogP contribution in [0.5, 0.6) is 0 Å². The first-order valence-corrected chi connectivity index (χ1v) is 5.41. The zero-order valence-electron chi connectivity index (χ0n) is 8.32. The summed E-state index contributed by atoms with van der Waals surface area (Å²) in [5.74, 6) is 0. The summed E-state index contributed by atoms with van der Waals surface area (Å²) in [7, 11) is 0. The second-order valence-corrected chi connectivity index (χ2v) is 5.61. The Balaban J connectivity index is 2.06. The van der Waals surface area contributed by atoms with Gasteiger partial charge in [0.05, 0.1) is 0 Å². The molecule has 3 N–H and O–H groups in total. The third-order valence-electron chi connectivity index (χ3n) is 4.92. The number of hydrogen-bond donors (Lipinski definition) is 2. The molecule has 2 heteroatoms. The molecule has 2 atom stereocenters. The monoisotopic (exact) mass is 178 g/mol. The highest BCUT2D eigenvalue weighted by Crippen LogP contribution is 2.76. The maximum absolute atomic E-state index is 7.92. The number of nitrogens with one attached hydrogen (secondary N) is 1. The third kappa shape index (κ3) is 0.687. The maximum Gasteiger partial charge on any atom is 0.0365 e. The molecule has 1 unspecified atom stereocenters. The molecule has 3 aliphatic carbocycles. The lowest BCUT2D eigenvalue weighted by atomic mass is 9.63. The van der Waals surface area contributed by atoms with Crippen LogP contribution in [0.3, 0.4) is 0 Å². The Morgan fingerprint density at radius 3 is 2.23 bits per heavy atom. The molecule has 2 spiro atoms. The summed E-state index contributed by atoms with van der Waals surface area (Å²) in [4.78, 5) is 0. The quantitative estimate of drug-likeness (QED) is 0.586. The fraction of sp³-hybridized carbons (Fsp3) is 0.909. The molecule has 3 saturated carbocycles. The van der Waals surface area contributed by atoms with Gasteiger partial charge in [-0.2, -0.15) is 0 Å². The third-order valence-corrected chi connectivity index (χ3v) is 4.92. The minimum absolute atomic E-state index is 0.0706. The van der Waals surface area contributed by atoms with Gasteiger partial charge in [-0.3, -0.25) is 0 Å². The van der Waals surface area contributed by atoms with Gasteiger partial charge >= 0.3 is 0 Å². The summed E-state index contributed by atoms with van der Waals surface area (Å²) in [6.45, 7) is 2.17. The van der Waals surface area contributed by atoms with Gasteiger partial charge in [0.1, 0.15) is 0 Å². The van der Waals surface area contributed by atoms with E-state index in [1.165, 1.54) is 25.7 Å². The van der Waals surface area contributed by atoms with Crippen LogP contribution in [0.15, 0.2) is 0 Å². The molecule has 72 valence electrons. The van der Waals surface area contributed by atoms with Gasteiger partial charge in [-0.15, -0.1) is 0 Å². The maximum atomic E-state index is 7.92. The first-order valence-electron chi connectivity index (χ1n) is 5.41. The van der Waals surface area contributed by atoms with Crippen molar-refractivity contribution in [3.05, 3.63) is 0 Å². The van der Waals surface area contributed by atoms with E-state index < -0.39 is 0 Å². The number of nitrogens with two attached hydrogens (primary N) is 1. The minimum Gasteiger partial charge on any atom is -0.324 e. The summed E-state index contributed by atoms with van der Waals surface area (Å²) in [5, 5.41) is 7.92. The summed E-state index contributed by atoms with van der Waals surface area (Å²) >= 11 is 0. The molecular weight excluding hydrogens is 160 g/mol. The fourth-order valence-electron chi connectivity index (χ4n) is 3.93. The number of hydrogen-bond acceptors (Lipinski definition) is 2. The lowest BCUT2D eigenvalue weighted by molar-refractivity contribution is 0.110. The Morgan fingerprint density at radius 1 is 1.23 bits per heavy atom. The molecule has 3 rings (SSSR count). The van der Waals surface area contributed by atoms with Crippen LogP contribution in [-0.4, -0.2) is 11.3 Å². The van der Waals surface area contributed by atoms with E-state index in [9.17, 15) is 0 Å². The van der Waals surface area contributed by atoms with E-state index in [0.717, 1.165) is 18.6 Å². The van der Waals surface area contributed by atoms with Crippen molar-refractivity contribution in [2.45, 2.75) is 51.0 Å². The second kappa shape index (κ2) is 1.85. The molecule has 0 radical (unpaired) electrons. The molecular formula is C11H18N2. The predicted octanol–water partition coefficient (Wildman–Crippen LogP) is 2.08. The van der Waals surface area contributed by atoms with Crippen molar-refractivity contribution in [2.24, 2.45) is 16.6 Å². The Kier molecular flexibility index (Phi) is 1.14. The van der Waals surface area contributed by atoms with Gasteiger partial charge in [0.25, 0.3) is 0 Å². The molecule has 13 heavy (non-hydrogen) atoms. The molecule has 0 aliphatic heterocycles. The van der Waals surface area contributed by atoms with Crippen LogP contribution in [0.25, 0.3) is 0 Å². The van der Waals surface area contributed by atoms with Crippen LogP contribution < -0.4 is 5.73 Å². The summed E-state index contributed by atoms with van der Waals surface area (Å²) < 4.78 is 0. The van der Waals surface area contributed by atoms with E-state index in [0.29, 0.717) is 5.41 Å². The smallest absolute Gasteiger partial charge is 0.0365 e. The SMILES string of the molecule is CC1(N)CCCC2(CC2)[C@@]12CC2=N. The standard InChI is InChI=1S/C11H18N2/c1-9(13)3-2-4-10(5-6-10)11(9)7-8(11)12/h12H,2-7,13H2,1H3/t9?,11-/m1/s1. The predicted molar refractivity (Wildman–Crippen MR) is 52.9 cm³/mol. The second-order valence-electron chi connectivity index (χ2n) is 5.61. The molecule has 0 bridgehead atoms. The van der Waals surface area contributed by atoms with Crippen LogP contribution in [0.1, 0.15) is 45.4 Å². The van der Waals surface area contributed by atoms with Crippen molar-refractivity contribution < 1.29 is 0 Å². The first-order chi connectivity index (χ1) is 6.04. The van der Waals surface area contributed by atoms with Gasteiger partial charge in [-0.25, -0.2) is 0 Å². The Hall–Kier alpha value is -0.370. The van der Waals surface area contributed by atoms with Crippen LogP contribution in [0.2, 0.25) is 0 Å². The highest BCUT2D eigenvalue weighted by atomic mass is 14.9. The van der Waals surface area contributed by atoms with Gasteiger partial charge in [0.2, 0.25) is 0 Å². The van der Waals surface area contributed by atoms with Crippen molar-refractivity contribution >= 4 is 5.71 Å². The zero-order valence-corrected chi connectivity index (χ0v) is 8.32. The number of rotatable bonds is 0. The van der Waals surface area contributed by atoms with Gasteiger partial charge in [0, 0.05) is 16.7 Å². The van der Waals surface area contributed by atoms with Crippen LogP contribution in [-0.2, 0) is 0 Å². The zero-order chi connectivity index (χ0) is 9.32. The van der Waals surface area contributed by atoms with Crippen molar-refractivity contribution in [1.29, 1.82) is 5.41 Å². The molecule has 2 nitrogen and oxygen atoms in total. The van der Waals surface area contributed by atoms with Gasteiger partial charge in [0.15, 0.2) is 0 Å². The Bertz CT molecular complexity index is 280. The Morgan fingerprint density at radius 2 is 1.85 bits per heavy atom. The van der Waals surface area contributed by atoms with Crippen LogP contribution in [0, 0.1) is 16.2 Å². The fourth-order valence-corrected chi connectivity index (χ4v) is 3.93. The van der Waals surface area contributed by atoms with E-state index >= 15 is 0 Å². The van der Waals surface area contributed by atoms with Crippen molar-refractivity contribution in [1.82, 2.24) is 0 Å². The highest BCUT2D eigenvalue weighted by Gasteiger charge is 2.75. The van der Waals surface area contributed by atoms with Crippen LogP contribution >= 0.6 is 0 Å². The molecule has 0 saturated heterocycles. The van der Waals surface area contributed by atoms with Crippen molar-refractivity contribution in [3.8, 4) is 0 Å². The molecule has 3 fully saturated rings. The van der Waals surface area contributed by atoms with Gasteiger partial charge in [-0.1, -0.05) is 6.42 Å². The van der Waals surface area contributed by atoms with E-state index in [1.807, 2.05) is 0 Å². The van der Waals surface area contributed by atoms with E-state index in [-0.39, 0.29) is 11.0 Å². The average molecular weight is 178 g/mol.